The van der Waals surface area contributed by atoms with Crippen molar-refractivity contribution in [1.29, 1.82) is 0 Å². The molecule has 14 heavy (non-hydrogen) atoms. The average Bonchev–Trinajstić information content (AvgIpc) is 2.27. The summed E-state index contributed by atoms with van der Waals surface area (Å²) in [5.41, 5.74) is 1.66. The smallest absolute Gasteiger partial charge is 0.224 e. The van der Waals surface area contributed by atoms with E-state index in [1.807, 2.05) is 30.3 Å². The Labute approximate surface area is 87.5 Å². The number of hydrogen-bond donors (Lipinski definition) is 1. The Bertz CT molecular complexity index is 389. The van der Waals surface area contributed by atoms with Crippen LogP contribution >= 0.6 is 12.8 Å². The van der Waals surface area contributed by atoms with Crippen molar-refractivity contribution in [3.63, 3.8) is 0 Å². The molecule has 0 fully saturated rings. The zero-order valence-corrected chi connectivity index (χ0v) is 8.28. The van der Waals surface area contributed by atoms with Crippen molar-refractivity contribution < 1.29 is 9.53 Å². The van der Waals surface area contributed by atoms with Crippen LogP contribution in [0.4, 0.5) is 0 Å². The van der Waals surface area contributed by atoms with Gasteiger partial charge in [0.05, 0.1) is 5.70 Å². The van der Waals surface area contributed by atoms with E-state index in [9.17, 15) is 4.79 Å². The first-order valence-electron chi connectivity index (χ1n) is 4.18. The second kappa shape index (κ2) is 3.75. The van der Waals surface area contributed by atoms with Gasteiger partial charge in [0.1, 0.15) is 12.4 Å². The predicted molar refractivity (Wildman–Crippen MR) is 56.8 cm³/mol. The Morgan fingerprint density at radius 1 is 1.43 bits per heavy atom. The van der Waals surface area contributed by atoms with Gasteiger partial charge in [0, 0.05) is 5.56 Å². The quantitative estimate of drug-likeness (QED) is 0.591. The molecule has 0 N–H and O–H groups in total. The molecular formula is C10H9NO2S. The van der Waals surface area contributed by atoms with Gasteiger partial charge < -0.3 is 4.74 Å². The summed E-state index contributed by atoms with van der Waals surface area (Å²) < 4.78 is 6.65. The molecule has 0 unspecified atom stereocenters. The monoisotopic (exact) mass is 207 g/mol. The first-order valence-corrected chi connectivity index (χ1v) is 4.58. The van der Waals surface area contributed by atoms with Gasteiger partial charge in [0.2, 0.25) is 6.41 Å². The topological polar surface area (TPSA) is 29.5 Å². The summed E-state index contributed by atoms with van der Waals surface area (Å²) in [6, 6.07) is 7.56. The van der Waals surface area contributed by atoms with Gasteiger partial charge >= 0.3 is 0 Å². The van der Waals surface area contributed by atoms with Crippen LogP contribution in [-0.4, -0.2) is 17.3 Å². The van der Waals surface area contributed by atoms with Gasteiger partial charge in [-0.1, -0.05) is 24.9 Å². The molecule has 4 heteroatoms. The van der Waals surface area contributed by atoms with Gasteiger partial charge in [0.25, 0.3) is 0 Å². The molecule has 0 radical (unpaired) electrons. The molecule has 1 aromatic carbocycles. The predicted octanol–water partition coefficient (Wildman–Crippen LogP) is 1.72. The molecule has 0 atom stereocenters. The first-order chi connectivity index (χ1) is 6.83. The molecule has 1 aliphatic rings. The molecule has 0 saturated carbocycles. The van der Waals surface area contributed by atoms with Gasteiger partial charge in [-0.25, -0.2) is 0 Å². The third-order valence-electron chi connectivity index (χ3n) is 2.03. The fraction of sp³-hybridized carbons (Fsp3) is 0.100. The lowest BCUT2D eigenvalue weighted by atomic mass is 10.1. The number of benzene rings is 1. The lowest BCUT2D eigenvalue weighted by Gasteiger charge is -2.21. The van der Waals surface area contributed by atoms with E-state index in [2.05, 4.69) is 12.8 Å². The Balaban J connectivity index is 2.45. The van der Waals surface area contributed by atoms with Gasteiger partial charge in [-0.15, -0.1) is 0 Å². The number of thiol groups is 1. The summed E-state index contributed by atoms with van der Waals surface area (Å²) >= 11 is 4.04. The maximum absolute atomic E-state index is 10.6. The zero-order valence-electron chi connectivity index (χ0n) is 7.38. The number of fused-ring (bicyclic) bond motifs is 1. The molecule has 0 aromatic heterocycles. The molecular weight excluding hydrogens is 198 g/mol. The van der Waals surface area contributed by atoms with E-state index in [1.54, 1.807) is 0 Å². The lowest BCUT2D eigenvalue weighted by Crippen LogP contribution is -2.14. The SMILES string of the molecule is O=CN(S)C1=CCOc2ccccc21. The Hall–Kier alpha value is -1.42. The molecule has 1 amide bonds. The maximum atomic E-state index is 10.6. The highest BCUT2D eigenvalue weighted by molar-refractivity contribution is 7.78. The van der Waals surface area contributed by atoms with Gasteiger partial charge in [-0.05, 0) is 18.2 Å². The van der Waals surface area contributed by atoms with Crippen LogP contribution in [0.5, 0.6) is 5.75 Å². The van der Waals surface area contributed by atoms with E-state index >= 15 is 0 Å². The van der Waals surface area contributed by atoms with Crippen molar-refractivity contribution in [3.8, 4) is 5.75 Å². The minimum absolute atomic E-state index is 0.469. The normalized spacial score (nSPS) is 13.6. The number of nitrogens with zero attached hydrogens (tertiary/aromatic N) is 1. The largest absolute Gasteiger partial charge is 0.489 e. The van der Waals surface area contributed by atoms with Crippen molar-refractivity contribution in [2.24, 2.45) is 0 Å². The Morgan fingerprint density at radius 3 is 3.00 bits per heavy atom. The summed E-state index contributed by atoms with van der Waals surface area (Å²) in [5.74, 6) is 0.783. The third kappa shape index (κ3) is 1.48. The van der Waals surface area contributed by atoms with Crippen LogP contribution in [-0.2, 0) is 4.79 Å². The van der Waals surface area contributed by atoms with Crippen LogP contribution in [0.2, 0.25) is 0 Å². The second-order valence-corrected chi connectivity index (χ2v) is 3.28. The number of amides is 1. The molecule has 0 spiro atoms. The summed E-state index contributed by atoms with van der Waals surface area (Å²) in [6.45, 7) is 0.469. The average molecular weight is 207 g/mol. The second-order valence-electron chi connectivity index (χ2n) is 2.85. The first kappa shape index (κ1) is 9.15. The molecule has 0 aliphatic carbocycles. The number of carbonyl (C=O) groups excluding carboxylic acids is 1. The molecule has 3 nitrogen and oxygen atoms in total. The number of carbonyl (C=O) groups is 1. The van der Waals surface area contributed by atoms with Gasteiger partial charge in [-0.3, -0.25) is 9.10 Å². The highest BCUT2D eigenvalue weighted by atomic mass is 32.1. The molecule has 1 heterocycles. The van der Waals surface area contributed by atoms with E-state index in [0.717, 1.165) is 17.0 Å². The van der Waals surface area contributed by atoms with E-state index < -0.39 is 0 Å². The fourth-order valence-electron chi connectivity index (χ4n) is 1.40. The fourth-order valence-corrected chi connectivity index (χ4v) is 1.59. The van der Waals surface area contributed by atoms with Crippen molar-refractivity contribution in [1.82, 2.24) is 4.31 Å². The number of hydrogen-bond acceptors (Lipinski definition) is 3. The van der Waals surface area contributed by atoms with Crippen LogP contribution in [0.25, 0.3) is 5.70 Å². The number of para-hydroxylation sites is 1. The van der Waals surface area contributed by atoms with E-state index in [4.69, 9.17) is 4.74 Å². The Kier molecular flexibility index (Phi) is 2.45. The summed E-state index contributed by atoms with van der Waals surface area (Å²) in [4.78, 5) is 10.6. The van der Waals surface area contributed by atoms with Crippen molar-refractivity contribution >= 4 is 24.9 Å². The Morgan fingerprint density at radius 2 is 2.21 bits per heavy atom. The van der Waals surface area contributed by atoms with Crippen LogP contribution in [0.15, 0.2) is 30.3 Å². The summed E-state index contributed by atoms with van der Waals surface area (Å²) in [5, 5.41) is 0. The molecule has 1 aromatic rings. The summed E-state index contributed by atoms with van der Waals surface area (Å²) in [7, 11) is 0. The zero-order chi connectivity index (χ0) is 9.97. The molecule has 0 saturated heterocycles. The number of ether oxygens (including phenoxy) is 1. The van der Waals surface area contributed by atoms with E-state index in [1.165, 1.54) is 4.31 Å². The number of rotatable bonds is 2. The molecule has 72 valence electrons. The highest BCUT2D eigenvalue weighted by Crippen LogP contribution is 2.31. The minimum atomic E-state index is 0.469. The maximum Gasteiger partial charge on any atom is 0.224 e. The molecule has 1 aliphatic heterocycles. The highest BCUT2D eigenvalue weighted by Gasteiger charge is 2.16. The minimum Gasteiger partial charge on any atom is -0.489 e. The van der Waals surface area contributed by atoms with Gasteiger partial charge in [-0.2, -0.15) is 0 Å². The van der Waals surface area contributed by atoms with Crippen LogP contribution in [0.1, 0.15) is 5.56 Å². The van der Waals surface area contributed by atoms with Crippen LogP contribution in [0, 0.1) is 0 Å². The third-order valence-corrected chi connectivity index (χ3v) is 2.33. The van der Waals surface area contributed by atoms with Crippen molar-refractivity contribution in [3.05, 3.63) is 35.9 Å². The summed E-state index contributed by atoms with van der Waals surface area (Å²) in [6.07, 6.45) is 2.49. The van der Waals surface area contributed by atoms with Crippen LogP contribution < -0.4 is 4.74 Å². The van der Waals surface area contributed by atoms with Gasteiger partial charge in [0.15, 0.2) is 0 Å². The van der Waals surface area contributed by atoms with E-state index in [0.29, 0.717) is 13.0 Å². The molecule has 2 rings (SSSR count). The molecule has 0 bridgehead atoms. The van der Waals surface area contributed by atoms with E-state index in [-0.39, 0.29) is 0 Å². The van der Waals surface area contributed by atoms with Crippen molar-refractivity contribution in [2.45, 2.75) is 0 Å². The lowest BCUT2D eigenvalue weighted by molar-refractivity contribution is -0.111. The van der Waals surface area contributed by atoms with Crippen molar-refractivity contribution in [2.75, 3.05) is 6.61 Å². The standard InChI is InChI=1S/C10H9NO2S/c12-7-11(14)9-5-6-13-10-4-2-1-3-8(9)10/h1-5,7,14H,6H2. The van der Waals surface area contributed by atoms with Crippen LogP contribution in [0.3, 0.4) is 0 Å².